The van der Waals surface area contributed by atoms with E-state index in [2.05, 4.69) is 15.5 Å². The number of carbonyl (C=O) groups excluding carboxylic acids is 1. The second-order valence-corrected chi connectivity index (χ2v) is 9.67. The Labute approximate surface area is 179 Å². The fourth-order valence-electron chi connectivity index (χ4n) is 2.63. The van der Waals surface area contributed by atoms with Gasteiger partial charge in [0.05, 0.1) is 19.9 Å². The molecule has 30 heavy (non-hydrogen) atoms. The lowest BCUT2D eigenvalue weighted by Gasteiger charge is -2.19. The zero-order valence-corrected chi connectivity index (χ0v) is 18.5. The van der Waals surface area contributed by atoms with Crippen molar-refractivity contribution in [2.75, 3.05) is 25.2 Å². The van der Waals surface area contributed by atoms with E-state index in [1.807, 2.05) is 55.5 Å². The molecule has 158 valence electrons. The van der Waals surface area contributed by atoms with Crippen LogP contribution >= 0.6 is 11.3 Å². The van der Waals surface area contributed by atoms with Crippen molar-refractivity contribution in [3.05, 3.63) is 59.7 Å². The van der Waals surface area contributed by atoms with Gasteiger partial charge in [0.2, 0.25) is 21.1 Å². The number of aryl methyl sites for hydroxylation is 1. The molecule has 0 aliphatic heterocycles. The topological polar surface area (TPSA) is 101 Å². The normalized spacial score (nSPS) is 11.5. The molecule has 0 saturated heterocycles. The first kappa shape index (κ1) is 21.9. The molecule has 1 aromatic heterocycles. The van der Waals surface area contributed by atoms with Crippen LogP contribution < -0.4 is 10.1 Å². The van der Waals surface area contributed by atoms with Gasteiger partial charge in [0.15, 0.2) is 0 Å². The standard InChI is InChI=1S/C20H22N4O4S2/c1-14-4-6-15(7-5-14)12-24(30(3,26)27)13-18(25)21-20-23-22-19(29-20)16-8-10-17(28-2)11-9-16/h4-11H,12-13H2,1-3H3,(H,21,23,25). The Kier molecular flexibility index (Phi) is 6.80. The van der Waals surface area contributed by atoms with E-state index in [0.717, 1.165) is 33.0 Å². The van der Waals surface area contributed by atoms with E-state index < -0.39 is 15.9 Å². The molecule has 0 saturated carbocycles. The summed E-state index contributed by atoms with van der Waals surface area (Å²) in [6.07, 6.45) is 1.08. The number of rotatable bonds is 8. The average molecular weight is 447 g/mol. The summed E-state index contributed by atoms with van der Waals surface area (Å²) in [6.45, 7) is 1.75. The third kappa shape index (κ3) is 5.85. The van der Waals surface area contributed by atoms with Crippen molar-refractivity contribution in [3.8, 4) is 16.3 Å². The minimum atomic E-state index is -3.58. The van der Waals surface area contributed by atoms with Gasteiger partial charge in [-0.3, -0.25) is 10.1 Å². The minimum Gasteiger partial charge on any atom is -0.497 e. The fraction of sp³-hybridized carbons (Fsp3) is 0.250. The van der Waals surface area contributed by atoms with Crippen LogP contribution in [0.4, 0.5) is 5.13 Å². The van der Waals surface area contributed by atoms with Gasteiger partial charge >= 0.3 is 0 Å². The zero-order chi connectivity index (χ0) is 21.7. The largest absolute Gasteiger partial charge is 0.497 e. The highest BCUT2D eigenvalue weighted by atomic mass is 32.2. The van der Waals surface area contributed by atoms with Gasteiger partial charge in [0.1, 0.15) is 10.8 Å². The number of anilines is 1. The number of hydrogen-bond acceptors (Lipinski definition) is 7. The maximum Gasteiger partial charge on any atom is 0.241 e. The molecule has 0 atom stereocenters. The smallest absolute Gasteiger partial charge is 0.241 e. The highest BCUT2D eigenvalue weighted by Crippen LogP contribution is 2.27. The first-order valence-electron chi connectivity index (χ1n) is 9.03. The predicted octanol–water partition coefficient (Wildman–Crippen LogP) is 2.92. The number of nitrogens with zero attached hydrogens (tertiary/aromatic N) is 3. The Balaban J connectivity index is 1.66. The van der Waals surface area contributed by atoms with Crippen molar-refractivity contribution in [3.63, 3.8) is 0 Å². The molecular weight excluding hydrogens is 424 g/mol. The zero-order valence-electron chi connectivity index (χ0n) is 16.8. The van der Waals surface area contributed by atoms with Gasteiger partial charge in [0, 0.05) is 12.1 Å². The second kappa shape index (κ2) is 9.33. The van der Waals surface area contributed by atoms with Crippen LogP contribution in [0.2, 0.25) is 0 Å². The Morgan fingerprint density at radius 1 is 1.10 bits per heavy atom. The van der Waals surface area contributed by atoms with Gasteiger partial charge in [-0.1, -0.05) is 41.2 Å². The molecule has 2 aromatic carbocycles. The third-order valence-electron chi connectivity index (χ3n) is 4.28. The van der Waals surface area contributed by atoms with Crippen LogP contribution in [0.25, 0.3) is 10.6 Å². The van der Waals surface area contributed by atoms with E-state index in [0.29, 0.717) is 10.1 Å². The van der Waals surface area contributed by atoms with E-state index >= 15 is 0 Å². The first-order valence-corrected chi connectivity index (χ1v) is 11.7. The van der Waals surface area contributed by atoms with Crippen molar-refractivity contribution in [1.29, 1.82) is 0 Å². The summed E-state index contributed by atoms with van der Waals surface area (Å²) in [5.41, 5.74) is 2.72. The number of nitrogens with one attached hydrogen (secondary N) is 1. The monoisotopic (exact) mass is 446 g/mol. The molecule has 0 unspecified atom stereocenters. The molecule has 0 radical (unpaired) electrons. The van der Waals surface area contributed by atoms with Crippen molar-refractivity contribution in [2.24, 2.45) is 0 Å². The van der Waals surface area contributed by atoms with Gasteiger partial charge < -0.3 is 4.74 Å². The second-order valence-electron chi connectivity index (χ2n) is 6.71. The molecule has 10 heteroatoms. The Bertz CT molecular complexity index is 1110. The number of amides is 1. The fourth-order valence-corrected chi connectivity index (χ4v) is 4.13. The molecule has 3 rings (SSSR count). The molecule has 1 amide bonds. The Hall–Kier alpha value is -2.82. The molecule has 8 nitrogen and oxygen atoms in total. The van der Waals surface area contributed by atoms with Crippen LogP contribution in [0.15, 0.2) is 48.5 Å². The molecule has 1 heterocycles. The van der Waals surface area contributed by atoms with Crippen LogP contribution in [0.5, 0.6) is 5.75 Å². The molecule has 3 aromatic rings. The third-order valence-corrected chi connectivity index (χ3v) is 6.36. The van der Waals surface area contributed by atoms with Crippen LogP contribution in [0.3, 0.4) is 0 Å². The molecule has 0 aliphatic rings. The predicted molar refractivity (Wildman–Crippen MR) is 117 cm³/mol. The van der Waals surface area contributed by atoms with Crippen molar-refractivity contribution >= 4 is 32.4 Å². The molecule has 0 fully saturated rings. The number of carbonyl (C=O) groups is 1. The molecule has 0 aliphatic carbocycles. The Morgan fingerprint density at radius 3 is 2.37 bits per heavy atom. The van der Waals surface area contributed by atoms with Crippen LogP contribution in [0.1, 0.15) is 11.1 Å². The van der Waals surface area contributed by atoms with E-state index in [1.165, 1.54) is 11.3 Å². The van der Waals surface area contributed by atoms with Crippen LogP contribution in [-0.4, -0.2) is 48.7 Å². The maximum atomic E-state index is 12.4. The number of methoxy groups -OCH3 is 1. The van der Waals surface area contributed by atoms with E-state index in [9.17, 15) is 13.2 Å². The summed E-state index contributed by atoms with van der Waals surface area (Å²) in [7, 11) is -1.99. The van der Waals surface area contributed by atoms with Gasteiger partial charge in [-0.2, -0.15) is 4.31 Å². The number of hydrogen-bond donors (Lipinski definition) is 1. The summed E-state index contributed by atoms with van der Waals surface area (Å²) in [5, 5.41) is 11.6. The SMILES string of the molecule is COc1ccc(-c2nnc(NC(=O)CN(Cc3ccc(C)cc3)S(C)(=O)=O)s2)cc1. The summed E-state index contributed by atoms with van der Waals surface area (Å²) in [4.78, 5) is 12.4. The average Bonchev–Trinajstić information content (AvgIpc) is 3.17. The summed E-state index contributed by atoms with van der Waals surface area (Å²) in [5.74, 6) is 0.246. The molecule has 0 bridgehead atoms. The lowest BCUT2D eigenvalue weighted by atomic mass is 10.1. The van der Waals surface area contributed by atoms with Crippen molar-refractivity contribution in [1.82, 2.24) is 14.5 Å². The lowest BCUT2D eigenvalue weighted by molar-refractivity contribution is -0.116. The van der Waals surface area contributed by atoms with E-state index in [-0.39, 0.29) is 13.1 Å². The lowest BCUT2D eigenvalue weighted by Crippen LogP contribution is -2.36. The highest BCUT2D eigenvalue weighted by molar-refractivity contribution is 7.88. The first-order chi connectivity index (χ1) is 14.2. The summed E-state index contributed by atoms with van der Waals surface area (Å²) < 4.78 is 30.5. The maximum absolute atomic E-state index is 12.4. The highest BCUT2D eigenvalue weighted by Gasteiger charge is 2.21. The summed E-state index contributed by atoms with van der Waals surface area (Å²) >= 11 is 1.20. The number of aromatic nitrogens is 2. The van der Waals surface area contributed by atoms with Gasteiger partial charge in [0.25, 0.3) is 0 Å². The van der Waals surface area contributed by atoms with E-state index in [4.69, 9.17) is 4.74 Å². The number of sulfonamides is 1. The summed E-state index contributed by atoms with van der Waals surface area (Å²) in [6, 6.07) is 14.8. The quantitative estimate of drug-likeness (QED) is 0.571. The molecule has 1 N–H and O–H groups in total. The van der Waals surface area contributed by atoms with Crippen molar-refractivity contribution < 1.29 is 17.9 Å². The van der Waals surface area contributed by atoms with Gasteiger partial charge in [-0.25, -0.2) is 8.42 Å². The number of ether oxygens (including phenoxy) is 1. The molecule has 0 spiro atoms. The van der Waals surface area contributed by atoms with Gasteiger partial charge in [-0.05, 0) is 36.8 Å². The van der Waals surface area contributed by atoms with Crippen LogP contribution in [0, 0.1) is 6.92 Å². The number of benzene rings is 2. The van der Waals surface area contributed by atoms with E-state index in [1.54, 1.807) is 7.11 Å². The Morgan fingerprint density at radius 2 is 1.77 bits per heavy atom. The molecular formula is C20H22N4O4S2. The van der Waals surface area contributed by atoms with Crippen LogP contribution in [-0.2, 0) is 21.4 Å². The van der Waals surface area contributed by atoms with Crippen molar-refractivity contribution in [2.45, 2.75) is 13.5 Å². The van der Waals surface area contributed by atoms with Gasteiger partial charge in [-0.15, -0.1) is 10.2 Å². The minimum absolute atomic E-state index is 0.111.